The quantitative estimate of drug-likeness (QED) is 0.694. The van der Waals surface area contributed by atoms with Crippen LogP contribution in [-0.4, -0.2) is 47.0 Å². The van der Waals surface area contributed by atoms with Crippen LogP contribution in [0.1, 0.15) is 21.7 Å². The highest BCUT2D eigenvalue weighted by molar-refractivity contribution is 5.94. The zero-order chi connectivity index (χ0) is 20.2. The Labute approximate surface area is 170 Å². The number of aromatic nitrogens is 2. The third-order valence-electron chi connectivity index (χ3n) is 5.02. The van der Waals surface area contributed by atoms with Gasteiger partial charge in [-0.3, -0.25) is 4.79 Å². The second kappa shape index (κ2) is 8.11. The third-order valence-corrected chi connectivity index (χ3v) is 5.02. The smallest absolute Gasteiger partial charge is 0.254 e. The molecule has 2 aromatic carbocycles. The van der Waals surface area contributed by atoms with Crippen LogP contribution in [0.5, 0.6) is 0 Å². The van der Waals surface area contributed by atoms with Crippen LogP contribution in [0, 0.1) is 18.3 Å². The summed E-state index contributed by atoms with van der Waals surface area (Å²) >= 11 is 0. The Morgan fingerprint density at radius 1 is 0.966 bits per heavy atom. The Morgan fingerprint density at radius 3 is 2.45 bits per heavy atom. The Bertz CT molecular complexity index is 1070. The molecule has 29 heavy (non-hydrogen) atoms. The van der Waals surface area contributed by atoms with E-state index in [2.05, 4.69) is 20.9 Å². The molecule has 1 amide bonds. The molecule has 0 radical (unpaired) electrons. The molecule has 2 heterocycles. The largest absolute Gasteiger partial charge is 0.353 e. The summed E-state index contributed by atoms with van der Waals surface area (Å²) in [4.78, 5) is 26.0. The van der Waals surface area contributed by atoms with Crippen LogP contribution in [-0.2, 0) is 0 Å². The first kappa shape index (κ1) is 18.6. The fraction of sp³-hybridized carbons (Fsp3) is 0.217. The Hall–Kier alpha value is -3.72. The molecular formula is C23H21N5O. The van der Waals surface area contributed by atoms with Gasteiger partial charge < -0.3 is 9.80 Å². The molecule has 0 aliphatic carbocycles. The van der Waals surface area contributed by atoms with Crippen LogP contribution < -0.4 is 4.90 Å². The first-order valence-electron chi connectivity index (χ1n) is 9.59. The van der Waals surface area contributed by atoms with Crippen LogP contribution in [0.15, 0.2) is 60.7 Å². The fourth-order valence-electron chi connectivity index (χ4n) is 3.51. The van der Waals surface area contributed by atoms with Gasteiger partial charge in [-0.15, -0.1) is 0 Å². The number of rotatable bonds is 3. The zero-order valence-corrected chi connectivity index (χ0v) is 16.2. The summed E-state index contributed by atoms with van der Waals surface area (Å²) in [6, 6.07) is 21.0. The lowest BCUT2D eigenvalue weighted by Crippen LogP contribution is -2.49. The normalized spacial score (nSPS) is 13.8. The van der Waals surface area contributed by atoms with Crippen molar-refractivity contribution in [3.8, 4) is 17.3 Å². The second-order valence-electron chi connectivity index (χ2n) is 7.00. The summed E-state index contributed by atoms with van der Waals surface area (Å²) in [5, 5.41) is 9.05. The van der Waals surface area contributed by atoms with Gasteiger partial charge in [0.1, 0.15) is 11.6 Å². The number of anilines is 1. The number of nitriles is 1. The maximum Gasteiger partial charge on any atom is 0.254 e. The zero-order valence-electron chi connectivity index (χ0n) is 16.2. The molecule has 3 aromatic rings. The van der Waals surface area contributed by atoms with Gasteiger partial charge in [-0.2, -0.15) is 5.26 Å². The number of hydrogen-bond donors (Lipinski definition) is 0. The molecule has 1 fully saturated rings. The van der Waals surface area contributed by atoms with E-state index in [0.29, 0.717) is 37.3 Å². The lowest BCUT2D eigenvalue weighted by atomic mass is 10.1. The maximum absolute atomic E-state index is 12.8. The van der Waals surface area contributed by atoms with E-state index in [1.807, 2.05) is 48.2 Å². The molecule has 0 N–H and O–H groups in total. The van der Waals surface area contributed by atoms with Crippen molar-refractivity contribution < 1.29 is 4.79 Å². The Kier molecular flexibility index (Phi) is 5.21. The molecule has 0 bridgehead atoms. The standard InChI is InChI=1S/C23H21N5O/c1-17-25-21(19-7-3-2-4-8-19)15-22(26-17)27-10-12-28(13-11-27)23(29)20-9-5-6-18(14-20)16-24/h2-9,14-15H,10-13H2,1H3. The van der Waals surface area contributed by atoms with E-state index in [4.69, 9.17) is 5.26 Å². The molecule has 144 valence electrons. The van der Waals surface area contributed by atoms with Crippen molar-refractivity contribution in [2.24, 2.45) is 0 Å². The molecule has 1 aromatic heterocycles. The number of benzene rings is 2. The molecule has 6 nitrogen and oxygen atoms in total. The van der Waals surface area contributed by atoms with Crippen LogP contribution in [0.4, 0.5) is 5.82 Å². The molecule has 0 saturated carbocycles. The first-order chi connectivity index (χ1) is 14.1. The van der Waals surface area contributed by atoms with E-state index in [-0.39, 0.29) is 5.91 Å². The van der Waals surface area contributed by atoms with Crippen molar-refractivity contribution >= 4 is 11.7 Å². The molecule has 6 heteroatoms. The Morgan fingerprint density at radius 2 is 1.72 bits per heavy atom. The molecule has 1 saturated heterocycles. The summed E-state index contributed by atoms with van der Waals surface area (Å²) in [5.41, 5.74) is 3.02. The summed E-state index contributed by atoms with van der Waals surface area (Å²) in [6.07, 6.45) is 0. The third kappa shape index (κ3) is 4.09. The molecule has 0 unspecified atom stereocenters. The second-order valence-corrected chi connectivity index (χ2v) is 7.00. The minimum atomic E-state index is -0.0365. The van der Waals surface area contributed by atoms with Gasteiger partial charge in [0, 0.05) is 43.4 Å². The monoisotopic (exact) mass is 383 g/mol. The van der Waals surface area contributed by atoms with E-state index < -0.39 is 0 Å². The van der Waals surface area contributed by atoms with Gasteiger partial charge in [0.05, 0.1) is 17.3 Å². The number of aryl methyl sites for hydroxylation is 1. The van der Waals surface area contributed by atoms with Gasteiger partial charge in [-0.1, -0.05) is 36.4 Å². The van der Waals surface area contributed by atoms with Crippen LogP contribution in [0.2, 0.25) is 0 Å². The predicted octanol–water partition coefficient (Wildman–Crippen LogP) is 3.29. The van der Waals surface area contributed by atoms with Crippen molar-refractivity contribution in [3.63, 3.8) is 0 Å². The molecule has 1 aliphatic rings. The number of carbonyl (C=O) groups excluding carboxylic acids is 1. The Balaban J connectivity index is 1.48. The number of carbonyl (C=O) groups is 1. The minimum Gasteiger partial charge on any atom is -0.353 e. The van der Waals surface area contributed by atoms with E-state index >= 15 is 0 Å². The number of nitrogens with zero attached hydrogens (tertiary/aromatic N) is 5. The van der Waals surface area contributed by atoms with Crippen molar-refractivity contribution in [1.29, 1.82) is 5.26 Å². The van der Waals surface area contributed by atoms with Crippen molar-refractivity contribution in [3.05, 3.63) is 77.6 Å². The summed E-state index contributed by atoms with van der Waals surface area (Å²) in [7, 11) is 0. The van der Waals surface area contributed by atoms with Crippen LogP contribution in [0.25, 0.3) is 11.3 Å². The highest BCUT2D eigenvalue weighted by Gasteiger charge is 2.23. The summed E-state index contributed by atoms with van der Waals surface area (Å²) in [6.45, 7) is 4.53. The van der Waals surface area contributed by atoms with E-state index in [0.717, 1.165) is 22.9 Å². The van der Waals surface area contributed by atoms with Crippen molar-refractivity contribution in [2.75, 3.05) is 31.1 Å². The highest BCUT2D eigenvalue weighted by Crippen LogP contribution is 2.23. The molecular weight excluding hydrogens is 362 g/mol. The van der Waals surface area contributed by atoms with E-state index in [9.17, 15) is 4.79 Å². The number of hydrogen-bond acceptors (Lipinski definition) is 5. The van der Waals surface area contributed by atoms with Gasteiger partial charge in [-0.05, 0) is 25.1 Å². The fourth-order valence-corrected chi connectivity index (χ4v) is 3.51. The summed E-state index contributed by atoms with van der Waals surface area (Å²) < 4.78 is 0. The van der Waals surface area contributed by atoms with Gasteiger partial charge in [0.15, 0.2) is 0 Å². The summed E-state index contributed by atoms with van der Waals surface area (Å²) in [5.74, 6) is 1.58. The average molecular weight is 383 g/mol. The van der Waals surface area contributed by atoms with Crippen LogP contribution >= 0.6 is 0 Å². The maximum atomic E-state index is 12.8. The molecule has 0 atom stereocenters. The van der Waals surface area contributed by atoms with Crippen LogP contribution in [0.3, 0.4) is 0 Å². The highest BCUT2D eigenvalue weighted by atomic mass is 16.2. The molecule has 0 spiro atoms. The van der Waals surface area contributed by atoms with Gasteiger partial charge in [0.2, 0.25) is 0 Å². The lowest BCUT2D eigenvalue weighted by molar-refractivity contribution is 0.0746. The van der Waals surface area contributed by atoms with Gasteiger partial charge in [0.25, 0.3) is 5.91 Å². The van der Waals surface area contributed by atoms with Gasteiger partial charge >= 0.3 is 0 Å². The number of piperazine rings is 1. The number of amides is 1. The molecule has 4 rings (SSSR count). The van der Waals surface area contributed by atoms with E-state index in [1.54, 1.807) is 24.3 Å². The van der Waals surface area contributed by atoms with Crippen molar-refractivity contribution in [2.45, 2.75) is 6.92 Å². The first-order valence-corrected chi connectivity index (χ1v) is 9.59. The molecule has 1 aliphatic heterocycles. The average Bonchev–Trinajstić information content (AvgIpc) is 2.79. The predicted molar refractivity (Wildman–Crippen MR) is 111 cm³/mol. The topological polar surface area (TPSA) is 73.1 Å². The van der Waals surface area contributed by atoms with Crippen molar-refractivity contribution in [1.82, 2.24) is 14.9 Å². The van der Waals surface area contributed by atoms with E-state index in [1.165, 1.54) is 0 Å². The minimum absolute atomic E-state index is 0.0365. The van der Waals surface area contributed by atoms with Gasteiger partial charge in [-0.25, -0.2) is 9.97 Å². The SMILES string of the molecule is Cc1nc(-c2ccccc2)cc(N2CCN(C(=O)c3cccc(C#N)c3)CC2)n1. The lowest BCUT2D eigenvalue weighted by Gasteiger charge is -2.35.